The SMILES string of the molecule is CNCc1nc(C)c2c(n1)N(CCc1cn(Cc3ccncc3)c3ccccc13)C(=O)CC2. The summed E-state index contributed by atoms with van der Waals surface area (Å²) in [5, 5.41) is 4.34. The fourth-order valence-corrected chi connectivity index (χ4v) is 4.68. The lowest BCUT2D eigenvalue weighted by atomic mass is 10.0. The molecule has 1 N–H and O–H groups in total. The van der Waals surface area contributed by atoms with Gasteiger partial charge in [-0.25, -0.2) is 9.97 Å². The molecule has 33 heavy (non-hydrogen) atoms. The van der Waals surface area contributed by atoms with Gasteiger partial charge in [0.05, 0.1) is 6.54 Å². The minimum Gasteiger partial charge on any atom is -0.343 e. The Hall–Kier alpha value is -3.58. The summed E-state index contributed by atoms with van der Waals surface area (Å²) < 4.78 is 2.28. The first kappa shape index (κ1) is 21.3. The third kappa shape index (κ3) is 4.24. The van der Waals surface area contributed by atoms with Gasteiger partial charge in [0.15, 0.2) is 0 Å². The van der Waals surface area contributed by atoms with E-state index < -0.39 is 0 Å². The van der Waals surface area contributed by atoms with Crippen molar-refractivity contribution in [1.82, 2.24) is 24.8 Å². The maximum atomic E-state index is 12.9. The van der Waals surface area contributed by atoms with E-state index in [0.29, 0.717) is 25.9 Å². The molecule has 0 atom stereocenters. The molecule has 1 amide bonds. The predicted octanol–water partition coefficient (Wildman–Crippen LogP) is 3.42. The number of hydrogen-bond donors (Lipinski definition) is 1. The molecule has 0 unspecified atom stereocenters. The van der Waals surface area contributed by atoms with Gasteiger partial charge in [0.2, 0.25) is 5.91 Å². The Kier molecular flexibility index (Phi) is 5.88. The molecule has 0 saturated carbocycles. The van der Waals surface area contributed by atoms with E-state index in [9.17, 15) is 4.79 Å². The Balaban J connectivity index is 1.44. The van der Waals surface area contributed by atoms with Gasteiger partial charge >= 0.3 is 0 Å². The first-order chi connectivity index (χ1) is 16.1. The van der Waals surface area contributed by atoms with Crippen LogP contribution in [0.3, 0.4) is 0 Å². The van der Waals surface area contributed by atoms with Crippen LogP contribution in [-0.4, -0.2) is 39.0 Å². The zero-order valence-electron chi connectivity index (χ0n) is 19.1. The topological polar surface area (TPSA) is 75.9 Å². The van der Waals surface area contributed by atoms with Crippen LogP contribution in [0.4, 0.5) is 5.82 Å². The zero-order chi connectivity index (χ0) is 22.8. The van der Waals surface area contributed by atoms with Crippen LogP contribution in [0.15, 0.2) is 55.0 Å². The third-order valence-corrected chi connectivity index (χ3v) is 6.30. The molecule has 4 heterocycles. The standard InChI is InChI=1S/C26H28N6O/c1-18-21-7-8-25(33)32(26(21)30-24(29-18)15-27-2)14-11-20-17-31(16-19-9-12-28-13-10-19)23-6-4-3-5-22(20)23/h3-6,9-10,12-13,17,27H,7-8,11,14-16H2,1-2H3. The monoisotopic (exact) mass is 440 g/mol. The first-order valence-corrected chi connectivity index (χ1v) is 11.4. The number of aromatic nitrogens is 4. The molecule has 0 spiro atoms. The molecule has 0 radical (unpaired) electrons. The lowest BCUT2D eigenvalue weighted by molar-refractivity contribution is -0.118. The number of amides is 1. The van der Waals surface area contributed by atoms with E-state index in [1.165, 1.54) is 22.0 Å². The Morgan fingerprint density at radius 1 is 1.06 bits per heavy atom. The number of carbonyl (C=O) groups is 1. The number of nitrogens with one attached hydrogen (secondary N) is 1. The van der Waals surface area contributed by atoms with Crippen molar-refractivity contribution in [2.75, 3.05) is 18.5 Å². The quantitative estimate of drug-likeness (QED) is 0.477. The number of para-hydroxylation sites is 1. The maximum Gasteiger partial charge on any atom is 0.228 e. The molecule has 0 fully saturated rings. The van der Waals surface area contributed by atoms with E-state index in [-0.39, 0.29) is 5.91 Å². The van der Waals surface area contributed by atoms with E-state index >= 15 is 0 Å². The highest BCUT2D eigenvalue weighted by Crippen LogP contribution is 2.29. The van der Waals surface area contributed by atoms with Crippen LogP contribution in [0.25, 0.3) is 10.9 Å². The molecule has 7 heteroatoms. The van der Waals surface area contributed by atoms with Crippen molar-refractivity contribution in [3.8, 4) is 0 Å². The van der Waals surface area contributed by atoms with Crippen molar-refractivity contribution < 1.29 is 4.79 Å². The molecule has 5 rings (SSSR count). The number of anilines is 1. The molecule has 1 aliphatic rings. The first-order valence-electron chi connectivity index (χ1n) is 11.4. The average Bonchev–Trinajstić information content (AvgIpc) is 3.17. The van der Waals surface area contributed by atoms with Gasteiger partial charge in [0.25, 0.3) is 0 Å². The smallest absolute Gasteiger partial charge is 0.228 e. The van der Waals surface area contributed by atoms with Crippen LogP contribution in [-0.2, 0) is 30.7 Å². The average molecular weight is 441 g/mol. The summed E-state index contributed by atoms with van der Waals surface area (Å²) in [4.78, 5) is 28.3. The number of pyridine rings is 1. The van der Waals surface area contributed by atoms with Gasteiger partial charge in [-0.05, 0) is 56.1 Å². The predicted molar refractivity (Wildman–Crippen MR) is 129 cm³/mol. The van der Waals surface area contributed by atoms with Crippen molar-refractivity contribution in [2.45, 2.75) is 39.3 Å². The molecule has 4 aromatic rings. The van der Waals surface area contributed by atoms with Gasteiger partial charge in [0.1, 0.15) is 11.6 Å². The highest BCUT2D eigenvalue weighted by molar-refractivity contribution is 5.95. The molecule has 1 aromatic carbocycles. The van der Waals surface area contributed by atoms with Crippen LogP contribution in [0.2, 0.25) is 0 Å². The van der Waals surface area contributed by atoms with Crippen molar-refractivity contribution in [3.05, 3.63) is 83.2 Å². The normalized spacial score (nSPS) is 13.5. The highest BCUT2D eigenvalue weighted by Gasteiger charge is 2.28. The molecular weight excluding hydrogens is 412 g/mol. The maximum absolute atomic E-state index is 12.9. The van der Waals surface area contributed by atoms with Crippen molar-refractivity contribution in [2.24, 2.45) is 0 Å². The minimum absolute atomic E-state index is 0.136. The summed E-state index contributed by atoms with van der Waals surface area (Å²) in [6.45, 7) is 3.98. The number of benzene rings is 1. The van der Waals surface area contributed by atoms with E-state index in [1.54, 1.807) is 0 Å². The number of hydrogen-bond acceptors (Lipinski definition) is 5. The summed E-state index contributed by atoms with van der Waals surface area (Å²) in [7, 11) is 1.88. The molecular formula is C26H28N6O. The van der Waals surface area contributed by atoms with Crippen molar-refractivity contribution >= 4 is 22.6 Å². The molecule has 3 aromatic heterocycles. The molecule has 1 aliphatic heterocycles. The highest BCUT2D eigenvalue weighted by atomic mass is 16.2. The largest absolute Gasteiger partial charge is 0.343 e. The van der Waals surface area contributed by atoms with Gasteiger partial charge in [-0.2, -0.15) is 0 Å². The summed E-state index contributed by atoms with van der Waals surface area (Å²) in [5.74, 6) is 1.64. The van der Waals surface area contributed by atoms with Crippen LogP contribution in [0.5, 0.6) is 0 Å². The van der Waals surface area contributed by atoms with E-state index in [0.717, 1.165) is 35.9 Å². The minimum atomic E-state index is 0.136. The van der Waals surface area contributed by atoms with Gasteiger partial charge in [-0.3, -0.25) is 14.7 Å². The lowest BCUT2D eigenvalue weighted by Crippen LogP contribution is -2.38. The Labute approximate surface area is 193 Å². The van der Waals surface area contributed by atoms with E-state index in [4.69, 9.17) is 4.98 Å². The van der Waals surface area contributed by atoms with Gasteiger partial charge in [-0.15, -0.1) is 0 Å². The molecule has 0 aliphatic carbocycles. The number of aryl methyl sites for hydroxylation is 1. The summed E-state index contributed by atoms with van der Waals surface area (Å²) in [5.41, 5.74) is 5.71. The summed E-state index contributed by atoms with van der Waals surface area (Å²) in [6.07, 6.45) is 7.85. The Morgan fingerprint density at radius 2 is 1.88 bits per heavy atom. The number of nitrogens with zero attached hydrogens (tertiary/aromatic N) is 5. The van der Waals surface area contributed by atoms with Crippen molar-refractivity contribution in [3.63, 3.8) is 0 Å². The zero-order valence-corrected chi connectivity index (χ0v) is 19.1. The van der Waals surface area contributed by atoms with Crippen LogP contribution >= 0.6 is 0 Å². The van der Waals surface area contributed by atoms with Crippen molar-refractivity contribution in [1.29, 1.82) is 0 Å². The second-order valence-corrected chi connectivity index (χ2v) is 8.51. The number of carbonyl (C=O) groups excluding carboxylic acids is 1. The summed E-state index contributed by atoms with van der Waals surface area (Å²) >= 11 is 0. The van der Waals surface area contributed by atoms with Gasteiger partial charge in [0, 0.05) is 60.3 Å². The summed E-state index contributed by atoms with van der Waals surface area (Å²) in [6, 6.07) is 12.6. The Bertz CT molecular complexity index is 1300. The van der Waals surface area contributed by atoms with Crippen LogP contribution in [0, 0.1) is 6.92 Å². The third-order valence-electron chi connectivity index (χ3n) is 6.30. The molecule has 7 nitrogen and oxygen atoms in total. The fraction of sp³-hybridized carbons (Fsp3) is 0.308. The molecule has 168 valence electrons. The van der Waals surface area contributed by atoms with Crippen LogP contribution < -0.4 is 10.2 Å². The van der Waals surface area contributed by atoms with Gasteiger partial charge in [-0.1, -0.05) is 18.2 Å². The van der Waals surface area contributed by atoms with Crippen LogP contribution in [0.1, 0.15) is 34.6 Å². The number of fused-ring (bicyclic) bond motifs is 2. The van der Waals surface area contributed by atoms with E-state index in [2.05, 4.69) is 50.3 Å². The second kappa shape index (κ2) is 9.11. The molecule has 0 saturated heterocycles. The fourth-order valence-electron chi connectivity index (χ4n) is 4.68. The Morgan fingerprint density at radius 3 is 2.70 bits per heavy atom. The second-order valence-electron chi connectivity index (χ2n) is 8.51. The number of rotatable bonds is 7. The molecule has 0 bridgehead atoms. The van der Waals surface area contributed by atoms with Gasteiger partial charge < -0.3 is 9.88 Å². The van der Waals surface area contributed by atoms with E-state index in [1.807, 2.05) is 43.4 Å². The lowest BCUT2D eigenvalue weighted by Gasteiger charge is -2.29.